The number of hydrogen-bond acceptors (Lipinski definition) is 5. The number of carboxylic acid groups (broad SMARTS) is 1. The maximum absolute atomic E-state index is 11.3. The summed E-state index contributed by atoms with van der Waals surface area (Å²) in [6, 6.07) is 15.6. The third-order valence-corrected chi connectivity index (χ3v) is 5.40. The van der Waals surface area contributed by atoms with Crippen LogP contribution in [0.25, 0.3) is 11.5 Å². The number of aliphatic carboxylic acids is 1. The molecule has 0 spiro atoms. The van der Waals surface area contributed by atoms with Crippen LogP contribution in [0, 0.1) is 6.92 Å². The highest BCUT2D eigenvalue weighted by Gasteiger charge is 2.30. The van der Waals surface area contributed by atoms with Gasteiger partial charge in [0.15, 0.2) is 0 Å². The van der Waals surface area contributed by atoms with Gasteiger partial charge in [0.25, 0.3) is 0 Å². The molecule has 6 nitrogen and oxygen atoms in total. The lowest BCUT2D eigenvalue weighted by atomic mass is 10.1. The summed E-state index contributed by atoms with van der Waals surface area (Å²) in [5.74, 6) is 0.683. The topological polar surface area (TPSA) is 75.8 Å². The number of carbonyl (C=O) groups is 1. The fourth-order valence-corrected chi connectivity index (χ4v) is 3.83. The molecule has 1 saturated heterocycles. The molecule has 6 heteroatoms. The fraction of sp³-hybridized carbons (Fsp3) is 0.333. The fourth-order valence-electron chi connectivity index (χ4n) is 3.83. The molecule has 1 N–H and O–H groups in total. The molecule has 1 aliphatic rings. The standard InChI is InChI=1S/C24H26N2O4/c1-17-4-2-5-19(14-17)23-25-20(16-30-23)11-13-29-21-9-7-18(8-10-21)15-26-12-3-6-22(26)24(27)28/h2,4-5,7-10,14,16,22H,3,6,11-13,15H2,1H3,(H,27,28). The van der Waals surface area contributed by atoms with Crippen LogP contribution in [0.5, 0.6) is 5.75 Å². The van der Waals surface area contributed by atoms with Crippen molar-refractivity contribution < 1.29 is 19.1 Å². The van der Waals surface area contributed by atoms with E-state index < -0.39 is 5.97 Å². The third kappa shape index (κ3) is 4.89. The first kappa shape index (κ1) is 20.2. The van der Waals surface area contributed by atoms with Crippen molar-refractivity contribution in [1.82, 2.24) is 9.88 Å². The summed E-state index contributed by atoms with van der Waals surface area (Å²) in [6.07, 6.45) is 4.00. The van der Waals surface area contributed by atoms with E-state index in [1.54, 1.807) is 6.26 Å². The minimum absolute atomic E-state index is 0.368. The van der Waals surface area contributed by atoms with Crippen molar-refractivity contribution in [2.75, 3.05) is 13.2 Å². The molecule has 30 heavy (non-hydrogen) atoms. The van der Waals surface area contributed by atoms with E-state index in [0.717, 1.165) is 42.0 Å². The van der Waals surface area contributed by atoms with E-state index in [2.05, 4.69) is 11.1 Å². The molecule has 0 saturated carbocycles. The Labute approximate surface area is 176 Å². The number of likely N-dealkylation sites (tertiary alicyclic amines) is 1. The van der Waals surface area contributed by atoms with Crippen molar-refractivity contribution in [3.8, 4) is 17.2 Å². The zero-order valence-electron chi connectivity index (χ0n) is 17.1. The first-order valence-electron chi connectivity index (χ1n) is 10.3. The van der Waals surface area contributed by atoms with Crippen LogP contribution in [0.1, 0.15) is 29.7 Å². The number of oxazole rings is 1. The van der Waals surface area contributed by atoms with Gasteiger partial charge in [-0.1, -0.05) is 29.8 Å². The largest absolute Gasteiger partial charge is 0.493 e. The summed E-state index contributed by atoms with van der Waals surface area (Å²) in [5, 5.41) is 9.30. The van der Waals surface area contributed by atoms with Crippen LogP contribution in [-0.4, -0.2) is 40.2 Å². The lowest BCUT2D eigenvalue weighted by Crippen LogP contribution is -2.35. The molecule has 4 rings (SSSR count). The van der Waals surface area contributed by atoms with E-state index in [-0.39, 0.29) is 6.04 Å². The summed E-state index contributed by atoms with van der Waals surface area (Å²) >= 11 is 0. The maximum atomic E-state index is 11.3. The SMILES string of the molecule is Cc1cccc(-c2nc(CCOc3ccc(CN4CCCC4C(=O)O)cc3)co2)c1. The second-order valence-electron chi connectivity index (χ2n) is 7.72. The van der Waals surface area contributed by atoms with Gasteiger partial charge in [0.2, 0.25) is 5.89 Å². The Bertz CT molecular complexity index is 996. The lowest BCUT2D eigenvalue weighted by molar-refractivity contribution is -0.142. The van der Waals surface area contributed by atoms with E-state index in [9.17, 15) is 9.90 Å². The van der Waals surface area contributed by atoms with Gasteiger partial charge >= 0.3 is 5.97 Å². The Morgan fingerprint density at radius 2 is 2.10 bits per heavy atom. The molecule has 2 heterocycles. The highest BCUT2D eigenvalue weighted by atomic mass is 16.5. The van der Waals surface area contributed by atoms with Crippen molar-refractivity contribution in [3.05, 3.63) is 71.6 Å². The van der Waals surface area contributed by atoms with E-state index >= 15 is 0 Å². The van der Waals surface area contributed by atoms with Crippen molar-refractivity contribution in [2.45, 2.75) is 38.8 Å². The van der Waals surface area contributed by atoms with Gasteiger partial charge < -0.3 is 14.3 Å². The third-order valence-electron chi connectivity index (χ3n) is 5.40. The Morgan fingerprint density at radius 3 is 2.87 bits per heavy atom. The van der Waals surface area contributed by atoms with Gasteiger partial charge in [-0.25, -0.2) is 4.98 Å². The number of nitrogens with zero attached hydrogens (tertiary/aromatic N) is 2. The zero-order valence-corrected chi connectivity index (χ0v) is 17.1. The van der Waals surface area contributed by atoms with Crippen LogP contribution >= 0.6 is 0 Å². The summed E-state index contributed by atoms with van der Waals surface area (Å²) in [7, 11) is 0. The summed E-state index contributed by atoms with van der Waals surface area (Å²) in [6.45, 7) is 4.03. The number of ether oxygens (including phenoxy) is 1. The number of carboxylic acids is 1. The van der Waals surface area contributed by atoms with Crippen LogP contribution in [0.2, 0.25) is 0 Å². The predicted molar refractivity (Wildman–Crippen MR) is 113 cm³/mol. The number of aromatic nitrogens is 1. The Kier molecular flexibility index (Phi) is 6.14. The molecule has 0 radical (unpaired) electrons. The van der Waals surface area contributed by atoms with Gasteiger partial charge in [-0.15, -0.1) is 0 Å². The van der Waals surface area contributed by atoms with Crippen LogP contribution < -0.4 is 4.74 Å². The molecule has 1 aromatic heterocycles. The van der Waals surface area contributed by atoms with Crippen LogP contribution in [0.15, 0.2) is 59.2 Å². The Hall–Kier alpha value is -3.12. The van der Waals surface area contributed by atoms with Crippen molar-refractivity contribution >= 4 is 5.97 Å². The van der Waals surface area contributed by atoms with Crippen molar-refractivity contribution in [2.24, 2.45) is 0 Å². The first-order valence-corrected chi connectivity index (χ1v) is 10.3. The minimum Gasteiger partial charge on any atom is -0.493 e. The van der Waals surface area contributed by atoms with Gasteiger partial charge in [0, 0.05) is 18.5 Å². The number of benzene rings is 2. The minimum atomic E-state index is -0.731. The van der Waals surface area contributed by atoms with Crippen LogP contribution in [-0.2, 0) is 17.8 Å². The van der Waals surface area contributed by atoms with Gasteiger partial charge in [0.1, 0.15) is 18.1 Å². The van der Waals surface area contributed by atoms with Gasteiger partial charge in [0.05, 0.1) is 12.3 Å². The van der Waals surface area contributed by atoms with Gasteiger partial charge in [-0.3, -0.25) is 9.69 Å². The molecular formula is C24H26N2O4. The average molecular weight is 406 g/mol. The molecule has 0 aliphatic carbocycles. The van der Waals surface area contributed by atoms with Crippen molar-refractivity contribution in [1.29, 1.82) is 0 Å². The smallest absolute Gasteiger partial charge is 0.320 e. The second-order valence-corrected chi connectivity index (χ2v) is 7.72. The van der Waals surface area contributed by atoms with E-state index in [1.807, 2.05) is 54.3 Å². The molecule has 0 bridgehead atoms. The van der Waals surface area contributed by atoms with Crippen molar-refractivity contribution in [3.63, 3.8) is 0 Å². The van der Waals surface area contributed by atoms with E-state index in [0.29, 0.717) is 25.5 Å². The maximum Gasteiger partial charge on any atom is 0.320 e. The van der Waals surface area contributed by atoms with E-state index in [4.69, 9.17) is 9.15 Å². The number of rotatable bonds is 8. The monoisotopic (exact) mass is 406 g/mol. The first-order chi connectivity index (χ1) is 14.6. The zero-order chi connectivity index (χ0) is 20.9. The molecule has 3 aromatic rings. The molecular weight excluding hydrogens is 380 g/mol. The quantitative estimate of drug-likeness (QED) is 0.600. The number of hydrogen-bond donors (Lipinski definition) is 1. The Balaban J connectivity index is 1.27. The molecule has 1 aliphatic heterocycles. The summed E-state index contributed by atoms with van der Waals surface area (Å²) < 4.78 is 11.4. The van der Waals surface area contributed by atoms with Gasteiger partial charge in [-0.2, -0.15) is 0 Å². The molecule has 156 valence electrons. The molecule has 1 fully saturated rings. The molecule has 1 atom stereocenters. The molecule has 2 aromatic carbocycles. The normalized spacial score (nSPS) is 16.6. The van der Waals surface area contributed by atoms with Gasteiger partial charge in [-0.05, 0) is 56.1 Å². The highest BCUT2D eigenvalue weighted by Crippen LogP contribution is 2.22. The highest BCUT2D eigenvalue weighted by molar-refractivity contribution is 5.73. The lowest BCUT2D eigenvalue weighted by Gasteiger charge is -2.21. The van der Waals surface area contributed by atoms with E-state index in [1.165, 1.54) is 5.56 Å². The summed E-state index contributed by atoms with van der Waals surface area (Å²) in [4.78, 5) is 17.9. The average Bonchev–Trinajstić information content (AvgIpc) is 3.39. The van der Waals surface area contributed by atoms with Crippen LogP contribution in [0.3, 0.4) is 0 Å². The second kappa shape index (κ2) is 9.13. The predicted octanol–water partition coefficient (Wildman–Crippen LogP) is 4.32. The van der Waals surface area contributed by atoms with Crippen LogP contribution in [0.4, 0.5) is 0 Å². The number of aryl methyl sites for hydroxylation is 1. The molecule has 0 amide bonds. The summed E-state index contributed by atoms with van der Waals surface area (Å²) in [5.41, 5.74) is 4.09. The molecule has 1 unspecified atom stereocenters. The Morgan fingerprint density at radius 1 is 1.27 bits per heavy atom.